The summed E-state index contributed by atoms with van der Waals surface area (Å²) in [6, 6.07) is 5.71. The first kappa shape index (κ1) is 18.5. The summed E-state index contributed by atoms with van der Waals surface area (Å²) < 4.78 is 0. The van der Waals surface area contributed by atoms with Crippen molar-refractivity contribution in [1.82, 2.24) is 9.88 Å². The molecule has 6 nitrogen and oxygen atoms in total. The van der Waals surface area contributed by atoms with Crippen LogP contribution in [0, 0.1) is 25.7 Å². The number of anilines is 1. The van der Waals surface area contributed by atoms with E-state index in [1.807, 2.05) is 24.4 Å². The minimum Gasteiger partial charge on any atom is -0.481 e. The number of carbonyl (C=O) groups is 2. The minimum atomic E-state index is -0.840. The largest absolute Gasteiger partial charge is 0.481 e. The van der Waals surface area contributed by atoms with Crippen molar-refractivity contribution < 1.29 is 14.7 Å². The standard InChI is InChI=1S/C19H23N3O3S/c1-12-5-6-26-17(12)11-22-9-14(7-15(10-22)19(24)25)18(23)21-16-4-3-13(2)20-8-16/h3-6,8,14-15H,7,9-11H2,1-2H3,(H,21,23)(H,24,25)/t14-,15+/m1/s1. The molecule has 138 valence electrons. The Labute approximate surface area is 156 Å². The summed E-state index contributed by atoms with van der Waals surface area (Å²) in [5.41, 5.74) is 2.72. The smallest absolute Gasteiger partial charge is 0.307 e. The molecule has 2 N–H and O–H groups in total. The van der Waals surface area contributed by atoms with Crippen LogP contribution in [0.3, 0.4) is 0 Å². The monoisotopic (exact) mass is 373 g/mol. The lowest BCUT2D eigenvalue weighted by Gasteiger charge is -2.35. The molecule has 2 aromatic rings. The zero-order valence-electron chi connectivity index (χ0n) is 14.9. The topological polar surface area (TPSA) is 82.5 Å². The van der Waals surface area contributed by atoms with E-state index in [9.17, 15) is 14.7 Å². The van der Waals surface area contributed by atoms with E-state index in [1.54, 1.807) is 17.5 Å². The van der Waals surface area contributed by atoms with Gasteiger partial charge in [-0.25, -0.2) is 0 Å². The lowest BCUT2D eigenvalue weighted by atomic mass is 9.88. The molecule has 0 aromatic carbocycles. The number of piperidine rings is 1. The minimum absolute atomic E-state index is 0.144. The molecule has 1 aliphatic rings. The van der Waals surface area contributed by atoms with Gasteiger partial charge in [0.1, 0.15) is 0 Å². The van der Waals surface area contributed by atoms with E-state index in [2.05, 4.69) is 28.2 Å². The Balaban J connectivity index is 1.70. The Bertz CT molecular complexity index is 788. The Kier molecular flexibility index (Phi) is 5.68. The molecule has 0 unspecified atom stereocenters. The highest BCUT2D eigenvalue weighted by molar-refractivity contribution is 7.10. The number of hydrogen-bond donors (Lipinski definition) is 2. The van der Waals surface area contributed by atoms with Gasteiger partial charge in [0.05, 0.1) is 23.7 Å². The Morgan fingerprint density at radius 3 is 2.65 bits per heavy atom. The Morgan fingerprint density at radius 1 is 1.27 bits per heavy atom. The van der Waals surface area contributed by atoms with Crippen LogP contribution in [-0.4, -0.2) is 40.0 Å². The van der Waals surface area contributed by atoms with Crippen molar-refractivity contribution in [2.75, 3.05) is 18.4 Å². The molecule has 3 rings (SSSR count). The second-order valence-electron chi connectivity index (χ2n) is 6.87. The third kappa shape index (κ3) is 4.47. The number of thiophene rings is 1. The van der Waals surface area contributed by atoms with E-state index in [0.717, 1.165) is 5.69 Å². The van der Waals surface area contributed by atoms with Crippen LogP contribution in [-0.2, 0) is 16.1 Å². The highest BCUT2D eigenvalue weighted by Crippen LogP contribution is 2.27. The zero-order valence-corrected chi connectivity index (χ0v) is 15.8. The molecule has 0 spiro atoms. The fourth-order valence-electron chi connectivity index (χ4n) is 3.24. The summed E-state index contributed by atoms with van der Waals surface area (Å²) >= 11 is 1.67. The Morgan fingerprint density at radius 2 is 2.04 bits per heavy atom. The third-order valence-corrected chi connectivity index (χ3v) is 5.77. The van der Waals surface area contributed by atoms with Crippen molar-refractivity contribution in [2.45, 2.75) is 26.8 Å². The molecule has 0 bridgehead atoms. The van der Waals surface area contributed by atoms with Gasteiger partial charge in [-0.05, 0) is 49.4 Å². The van der Waals surface area contributed by atoms with Gasteiger partial charge in [0.15, 0.2) is 0 Å². The van der Waals surface area contributed by atoms with Gasteiger partial charge in [0, 0.05) is 30.2 Å². The third-order valence-electron chi connectivity index (χ3n) is 4.76. The molecule has 1 aliphatic heterocycles. The van der Waals surface area contributed by atoms with E-state index in [4.69, 9.17) is 0 Å². The van der Waals surface area contributed by atoms with E-state index in [0.29, 0.717) is 31.7 Å². The molecule has 1 amide bonds. The van der Waals surface area contributed by atoms with Crippen LogP contribution in [0.25, 0.3) is 0 Å². The fraction of sp³-hybridized carbons (Fsp3) is 0.421. The van der Waals surface area contributed by atoms with Gasteiger partial charge in [-0.1, -0.05) is 0 Å². The van der Waals surface area contributed by atoms with Gasteiger partial charge in [0.2, 0.25) is 5.91 Å². The molecule has 0 aliphatic carbocycles. The van der Waals surface area contributed by atoms with Crippen LogP contribution < -0.4 is 5.32 Å². The first-order chi connectivity index (χ1) is 12.4. The fourth-order valence-corrected chi connectivity index (χ4v) is 4.19. The highest BCUT2D eigenvalue weighted by Gasteiger charge is 2.35. The number of carboxylic acids is 1. The van der Waals surface area contributed by atoms with Crippen molar-refractivity contribution in [1.29, 1.82) is 0 Å². The molecule has 2 aromatic heterocycles. The van der Waals surface area contributed by atoms with Crippen LogP contribution >= 0.6 is 11.3 Å². The number of nitrogens with one attached hydrogen (secondary N) is 1. The summed E-state index contributed by atoms with van der Waals surface area (Å²) in [5.74, 6) is -1.87. The first-order valence-corrected chi connectivity index (χ1v) is 9.52. The Hall–Kier alpha value is -2.25. The number of pyridine rings is 1. The number of likely N-dealkylation sites (tertiary alicyclic amines) is 1. The number of aliphatic carboxylic acids is 1. The predicted molar refractivity (Wildman–Crippen MR) is 101 cm³/mol. The average Bonchev–Trinajstić information content (AvgIpc) is 3.01. The number of aromatic nitrogens is 1. The number of nitrogens with zero attached hydrogens (tertiary/aromatic N) is 2. The van der Waals surface area contributed by atoms with Gasteiger partial charge in [-0.2, -0.15) is 0 Å². The SMILES string of the molecule is Cc1ccc(NC(=O)[C@@H]2C[C@H](C(=O)O)CN(Cc3sccc3C)C2)cn1. The molecule has 0 saturated carbocycles. The van der Waals surface area contributed by atoms with Crippen LogP contribution in [0.15, 0.2) is 29.8 Å². The molecule has 0 radical (unpaired) electrons. The number of rotatable bonds is 5. The predicted octanol–water partition coefficient (Wildman–Crippen LogP) is 2.92. The molecule has 2 atom stereocenters. The normalized spacial score (nSPS) is 20.7. The number of aryl methyl sites for hydroxylation is 2. The van der Waals surface area contributed by atoms with Crippen molar-refractivity contribution in [3.63, 3.8) is 0 Å². The molecule has 1 saturated heterocycles. The highest BCUT2D eigenvalue weighted by atomic mass is 32.1. The molecule has 1 fully saturated rings. The molecular formula is C19H23N3O3S. The van der Waals surface area contributed by atoms with Crippen molar-refractivity contribution in [3.05, 3.63) is 45.9 Å². The maximum Gasteiger partial charge on any atom is 0.307 e. The quantitative estimate of drug-likeness (QED) is 0.842. The van der Waals surface area contributed by atoms with Gasteiger partial charge < -0.3 is 10.4 Å². The van der Waals surface area contributed by atoms with Crippen LogP contribution in [0.4, 0.5) is 5.69 Å². The summed E-state index contributed by atoms with van der Waals surface area (Å²) in [7, 11) is 0. The number of amides is 1. The maximum absolute atomic E-state index is 12.7. The summed E-state index contributed by atoms with van der Waals surface area (Å²) in [4.78, 5) is 31.7. The molecule has 7 heteroatoms. The van der Waals surface area contributed by atoms with Crippen molar-refractivity contribution >= 4 is 28.9 Å². The number of hydrogen-bond acceptors (Lipinski definition) is 5. The van der Waals surface area contributed by atoms with E-state index in [-0.39, 0.29) is 11.8 Å². The van der Waals surface area contributed by atoms with E-state index in [1.165, 1.54) is 10.4 Å². The molecule has 26 heavy (non-hydrogen) atoms. The van der Waals surface area contributed by atoms with Crippen LogP contribution in [0.5, 0.6) is 0 Å². The number of carbonyl (C=O) groups excluding carboxylic acids is 1. The van der Waals surface area contributed by atoms with E-state index >= 15 is 0 Å². The second-order valence-corrected chi connectivity index (χ2v) is 7.87. The van der Waals surface area contributed by atoms with Gasteiger partial charge >= 0.3 is 5.97 Å². The summed E-state index contributed by atoms with van der Waals surface area (Å²) in [6.07, 6.45) is 1.98. The lowest BCUT2D eigenvalue weighted by Crippen LogP contribution is -2.46. The lowest BCUT2D eigenvalue weighted by molar-refractivity contribution is -0.145. The van der Waals surface area contributed by atoms with Gasteiger partial charge in [0.25, 0.3) is 0 Å². The zero-order chi connectivity index (χ0) is 18.7. The number of carboxylic acid groups (broad SMARTS) is 1. The van der Waals surface area contributed by atoms with Gasteiger partial charge in [-0.15, -0.1) is 11.3 Å². The van der Waals surface area contributed by atoms with E-state index < -0.39 is 11.9 Å². The van der Waals surface area contributed by atoms with Crippen LogP contribution in [0.2, 0.25) is 0 Å². The second kappa shape index (κ2) is 7.97. The summed E-state index contributed by atoms with van der Waals surface area (Å²) in [5, 5.41) is 14.4. The van der Waals surface area contributed by atoms with Crippen molar-refractivity contribution in [3.8, 4) is 0 Å². The van der Waals surface area contributed by atoms with Crippen molar-refractivity contribution in [2.24, 2.45) is 11.8 Å². The van der Waals surface area contributed by atoms with Crippen LogP contribution in [0.1, 0.15) is 22.6 Å². The molecule has 3 heterocycles. The summed E-state index contributed by atoms with van der Waals surface area (Å²) in [6.45, 7) is 5.66. The maximum atomic E-state index is 12.7. The first-order valence-electron chi connectivity index (χ1n) is 8.64. The average molecular weight is 373 g/mol. The molecular weight excluding hydrogens is 350 g/mol. The van der Waals surface area contributed by atoms with Gasteiger partial charge in [-0.3, -0.25) is 19.5 Å².